The average Bonchev–Trinajstić information content (AvgIpc) is 2.69. The monoisotopic (exact) mass is 453 g/mol. The number of nitrogens with zero attached hydrogens (tertiary/aromatic N) is 1. The second-order valence-corrected chi connectivity index (χ2v) is 9.60. The second kappa shape index (κ2) is 9.15. The highest BCUT2D eigenvalue weighted by Crippen LogP contribution is 2.28. The SMILES string of the molecule is CC1CCC/C(=N/NC(=O)c2cccc(S(=O)(=O)Nc3cc(Cl)ccc3Cl)c2)C1. The van der Waals surface area contributed by atoms with Gasteiger partial charge in [0.15, 0.2) is 0 Å². The zero-order valence-corrected chi connectivity index (χ0v) is 18.1. The second-order valence-electron chi connectivity index (χ2n) is 7.08. The van der Waals surface area contributed by atoms with Gasteiger partial charge in [-0.3, -0.25) is 9.52 Å². The van der Waals surface area contributed by atoms with Gasteiger partial charge in [0.05, 0.1) is 15.6 Å². The fourth-order valence-corrected chi connectivity index (χ4v) is 4.65. The molecule has 29 heavy (non-hydrogen) atoms. The Morgan fingerprint density at radius 2 is 1.97 bits per heavy atom. The Kier molecular flexibility index (Phi) is 6.82. The van der Waals surface area contributed by atoms with Crippen LogP contribution >= 0.6 is 23.2 Å². The van der Waals surface area contributed by atoms with E-state index in [1.807, 2.05) is 0 Å². The van der Waals surface area contributed by atoms with Gasteiger partial charge in [-0.2, -0.15) is 5.10 Å². The van der Waals surface area contributed by atoms with Crippen molar-refractivity contribution in [2.75, 3.05) is 4.72 Å². The molecule has 0 heterocycles. The first-order valence-corrected chi connectivity index (χ1v) is 11.4. The molecule has 0 radical (unpaired) electrons. The zero-order valence-electron chi connectivity index (χ0n) is 15.8. The molecule has 0 saturated heterocycles. The summed E-state index contributed by atoms with van der Waals surface area (Å²) < 4.78 is 27.8. The molecule has 6 nitrogen and oxygen atoms in total. The van der Waals surface area contributed by atoms with Crippen molar-refractivity contribution < 1.29 is 13.2 Å². The number of rotatable bonds is 5. The highest BCUT2D eigenvalue weighted by Gasteiger charge is 2.19. The Hall–Kier alpha value is -2.09. The van der Waals surface area contributed by atoms with Crippen LogP contribution in [0.2, 0.25) is 10.0 Å². The Bertz CT molecular complexity index is 1050. The first kappa shape index (κ1) is 21.6. The number of hydrogen-bond donors (Lipinski definition) is 2. The Labute approximate surface area is 180 Å². The van der Waals surface area contributed by atoms with Crippen LogP contribution in [0.3, 0.4) is 0 Å². The summed E-state index contributed by atoms with van der Waals surface area (Å²) in [5.41, 5.74) is 3.84. The summed E-state index contributed by atoms with van der Waals surface area (Å²) in [5, 5.41) is 4.77. The summed E-state index contributed by atoms with van der Waals surface area (Å²) in [4.78, 5) is 12.4. The molecule has 1 amide bonds. The van der Waals surface area contributed by atoms with Crippen LogP contribution in [-0.2, 0) is 10.0 Å². The summed E-state index contributed by atoms with van der Waals surface area (Å²) in [6.45, 7) is 2.16. The van der Waals surface area contributed by atoms with E-state index in [-0.39, 0.29) is 21.2 Å². The summed E-state index contributed by atoms with van der Waals surface area (Å²) in [5.74, 6) is 0.0887. The molecule has 2 aromatic carbocycles. The maximum atomic E-state index is 12.7. The number of anilines is 1. The van der Waals surface area contributed by atoms with Gasteiger partial charge in [-0.25, -0.2) is 13.8 Å². The van der Waals surface area contributed by atoms with Crippen molar-refractivity contribution in [1.29, 1.82) is 0 Å². The summed E-state index contributed by atoms with van der Waals surface area (Å²) >= 11 is 11.9. The van der Waals surface area contributed by atoms with Crippen LogP contribution in [0.15, 0.2) is 52.5 Å². The minimum Gasteiger partial charge on any atom is -0.278 e. The molecule has 2 aromatic rings. The highest BCUT2D eigenvalue weighted by molar-refractivity contribution is 7.92. The van der Waals surface area contributed by atoms with Crippen molar-refractivity contribution in [3.8, 4) is 0 Å². The molecule has 9 heteroatoms. The number of benzene rings is 2. The van der Waals surface area contributed by atoms with Gasteiger partial charge in [0.25, 0.3) is 15.9 Å². The van der Waals surface area contributed by atoms with Crippen molar-refractivity contribution in [3.63, 3.8) is 0 Å². The summed E-state index contributed by atoms with van der Waals surface area (Å²) in [7, 11) is -3.96. The average molecular weight is 454 g/mol. The molecule has 0 aromatic heterocycles. The molecular formula is C20H21Cl2N3O3S. The van der Waals surface area contributed by atoms with E-state index in [1.165, 1.54) is 36.4 Å². The van der Waals surface area contributed by atoms with Crippen molar-refractivity contribution >= 4 is 50.5 Å². The van der Waals surface area contributed by atoms with Crippen LogP contribution in [0.5, 0.6) is 0 Å². The molecule has 1 aliphatic carbocycles. The number of carbonyl (C=O) groups is 1. The van der Waals surface area contributed by atoms with E-state index in [1.54, 1.807) is 6.07 Å². The van der Waals surface area contributed by atoms with Crippen LogP contribution in [0.4, 0.5) is 5.69 Å². The van der Waals surface area contributed by atoms with Crippen LogP contribution in [-0.4, -0.2) is 20.0 Å². The van der Waals surface area contributed by atoms with E-state index in [9.17, 15) is 13.2 Å². The van der Waals surface area contributed by atoms with Crippen LogP contribution in [0.25, 0.3) is 0 Å². The zero-order chi connectivity index (χ0) is 21.0. The fraction of sp³-hybridized carbons (Fsp3) is 0.300. The molecule has 0 spiro atoms. The van der Waals surface area contributed by atoms with Gasteiger partial charge in [-0.05, 0) is 68.0 Å². The quantitative estimate of drug-likeness (QED) is 0.617. The third-order valence-electron chi connectivity index (χ3n) is 4.64. The van der Waals surface area contributed by atoms with Crippen molar-refractivity contribution in [3.05, 3.63) is 58.1 Å². The molecule has 1 fully saturated rings. The Balaban J connectivity index is 1.76. The lowest BCUT2D eigenvalue weighted by atomic mass is 9.89. The maximum absolute atomic E-state index is 12.7. The summed E-state index contributed by atoms with van der Waals surface area (Å²) in [6.07, 6.45) is 3.94. The maximum Gasteiger partial charge on any atom is 0.271 e. The van der Waals surface area contributed by atoms with E-state index < -0.39 is 15.9 Å². The molecule has 0 bridgehead atoms. The van der Waals surface area contributed by atoms with E-state index in [4.69, 9.17) is 23.2 Å². The highest BCUT2D eigenvalue weighted by atomic mass is 35.5. The van der Waals surface area contributed by atoms with E-state index in [0.29, 0.717) is 10.9 Å². The summed E-state index contributed by atoms with van der Waals surface area (Å²) in [6, 6.07) is 10.2. The van der Waals surface area contributed by atoms with Gasteiger partial charge in [0.2, 0.25) is 0 Å². The lowest BCUT2D eigenvalue weighted by molar-refractivity contribution is 0.0954. The molecule has 154 valence electrons. The number of sulfonamides is 1. The molecule has 3 rings (SSSR count). The van der Waals surface area contributed by atoms with Crippen molar-refractivity contribution in [2.24, 2.45) is 11.0 Å². The molecule has 2 N–H and O–H groups in total. The van der Waals surface area contributed by atoms with Crippen molar-refractivity contribution in [1.82, 2.24) is 5.43 Å². The predicted octanol–water partition coefficient (Wildman–Crippen LogP) is 5.09. The normalized spacial score (nSPS) is 18.4. The molecule has 0 aliphatic heterocycles. The number of hydrazone groups is 1. The lowest BCUT2D eigenvalue weighted by Crippen LogP contribution is -2.22. The first-order valence-electron chi connectivity index (χ1n) is 9.18. The van der Waals surface area contributed by atoms with Gasteiger partial charge >= 0.3 is 0 Å². The smallest absolute Gasteiger partial charge is 0.271 e. The van der Waals surface area contributed by atoms with Crippen LogP contribution < -0.4 is 10.1 Å². The minimum atomic E-state index is -3.96. The molecule has 1 saturated carbocycles. The van der Waals surface area contributed by atoms with Crippen LogP contribution in [0, 0.1) is 5.92 Å². The van der Waals surface area contributed by atoms with E-state index in [0.717, 1.165) is 31.4 Å². The topological polar surface area (TPSA) is 87.6 Å². The van der Waals surface area contributed by atoms with E-state index >= 15 is 0 Å². The Morgan fingerprint density at radius 3 is 2.72 bits per heavy atom. The molecule has 1 aliphatic rings. The molecule has 1 atom stereocenters. The lowest BCUT2D eigenvalue weighted by Gasteiger charge is -2.18. The fourth-order valence-electron chi connectivity index (χ4n) is 3.14. The van der Waals surface area contributed by atoms with Gasteiger partial charge in [0.1, 0.15) is 0 Å². The van der Waals surface area contributed by atoms with Crippen LogP contribution in [0.1, 0.15) is 43.0 Å². The van der Waals surface area contributed by atoms with Gasteiger partial charge < -0.3 is 0 Å². The molecule has 1 unspecified atom stereocenters. The van der Waals surface area contributed by atoms with Gasteiger partial charge in [0, 0.05) is 16.3 Å². The largest absolute Gasteiger partial charge is 0.278 e. The number of hydrogen-bond acceptors (Lipinski definition) is 4. The van der Waals surface area contributed by atoms with E-state index in [2.05, 4.69) is 22.2 Å². The predicted molar refractivity (Wildman–Crippen MR) is 116 cm³/mol. The number of halogens is 2. The number of nitrogens with one attached hydrogen (secondary N) is 2. The Morgan fingerprint density at radius 1 is 1.17 bits per heavy atom. The third kappa shape index (κ3) is 5.72. The van der Waals surface area contributed by atoms with Gasteiger partial charge in [-0.1, -0.05) is 36.2 Å². The molecular weight excluding hydrogens is 433 g/mol. The van der Waals surface area contributed by atoms with Crippen molar-refractivity contribution in [2.45, 2.75) is 37.5 Å². The third-order valence-corrected chi connectivity index (χ3v) is 6.57. The standard InChI is InChI=1S/C20H21Cl2N3O3S/c1-13-4-2-6-16(10-13)23-24-20(26)14-5-3-7-17(11-14)29(27,28)25-19-12-15(21)8-9-18(19)22/h3,5,7-9,11-13,25H,2,4,6,10H2,1H3,(H,24,26)/b23-16-. The van der Waals surface area contributed by atoms with Gasteiger partial charge in [-0.15, -0.1) is 0 Å². The number of carbonyl (C=O) groups excluding carboxylic acids is 1. The minimum absolute atomic E-state index is 0.0693. The number of amides is 1. The first-order chi connectivity index (χ1) is 13.7.